The Morgan fingerprint density at radius 3 is 2.39 bits per heavy atom. The van der Waals surface area contributed by atoms with Gasteiger partial charge in [0.05, 0.1) is 11.8 Å². The smallest absolute Gasteiger partial charge is 0.372 e. The first-order valence-electron chi connectivity index (χ1n) is 14.1. The molecule has 3 N–H and O–H groups in total. The number of amides is 1. The lowest BCUT2D eigenvalue weighted by Crippen LogP contribution is -2.45. The molecule has 4 aromatic rings. The Labute approximate surface area is 254 Å². The highest BCUT2D eigenvalue weighted by Gasteiger charge is 2.34. The van der Waals surface area contributed by atoms with E-state index in [2.05, 4.69) is 54.7 Å². The van der Waals surface area contributed by atoms with Gasteiger partial charge in [-0.05, 0) is 60.8 Å². The van der Waals surface area contributed by atoms with Crippen LogP contribution in [-0.2, 0) is 17.5 Å². The lowest BCUT2D eigenvalue weighted by molar-refractivity contribution is -0.138. The number of primary amides is 1. The second-order valence-electron chi connectivity index (χ2n) is 10.5. The summed E-state index contributed by atoms with van der Waals surface area (Å²) in [5, 5.41) is 7.61. The molecule has 232 valence electrons. The number of benzene rings is 1. The van der Waals surface area contributed by atoms with Crippen molar-refractivity contribution < 1.29 is 18.0 Å². The average molecular weight is 608 g/mol. The number of piperazine rings is 1. The van der Waals surface area contributed by atoms with Gasteiger partial charge in [0.2, 0.25) is 6.41 Å². The van der Waals surface area contributed by atoms with Crippen LogP contribution in [0.25, 0.3) is 5.65 Å². The number of hydrogen-bond donors (Lipinski definition) is 2. The number of halogens is 3. The standard InChI is InChI=1S/C30H33F3N8.CH3NO/c1-5-39-12-14-40(15-13-39)20-23-6-8-24(17-26(23)30(31,32)33)36-27-16-22(21(2)18-34-27)7-9-25-19-35-28-10-11-29(38(3)4)37-41(25)28;2-1-3/h6,8,10-11,16-19H,5,12-15,20H2,1-4H3,(H,34,36);1H,(H2,2,3). The van der Waals surface area contributed by atoms with Crippen molar-refractivity contribution in [1.82, 2.24) is 29.4 Å². The normalized spacial score (nSPS) is 13.9. The summed E-state index contributed by atoms with van der Waals surface area (Å²) < 4.78 is 43.9. The monoisotopic (exact) mass is 607 g/mol. The number of nitrogens with two attached hydrogens (primary N) is 1. The van der Waals surface area contributed by atoms with E-state index in [1.54, 1.807) is 35.1 Å². The van der Waals surface area contributed by atoms with Crippen molar-refractivity contribution in [3.8, 4) is 11.8 Å². The number of fused-ring (bicyclic) bond motifs is 1. The van der Waals surface area contributed by atoms with Crippen molar-refractivity contribution in [3.05, 3.63) is 76.7 Å². The quantitative estimate of drug-likeness (QED) is 0.251. The summed E-state index contributed by atoms with van der Waals surface area (Å²) in [6.07, 6.45) is -0.906. The molecule has 1 saturated heterocycles. The SMILES string of the molecule is CCN1CCN(Cc2ccc(Nc3cc(C#Cc4cnc5ccc(N(C)C)nn45)c(C)cn3)cc2C(F)(F)F)CC1.NC=O. The first kappa shape index (κ1) is 32.2. The van der Waals surface area contributed by atoms with Gasteiger partial charge in [-0.1, -0.05) is 18.9 Å². The van der Waals surface area contributed by atoms with Crippen LogP contribution >= 0.6 is 0 Å². The molecule has 0 bridgehead atoms. The molecule has 0 atom stereocenters. The maximum absolute atomic E-state index is 14.1. The predicted octanol–water partition coefficient (Wildman–Crippen LogP) is 3.90. The third-order valence-corrected chi connectivity index (χ3v) is 7.23. The van der Waals surface area contributed by atoms with Gasteiger partial charge < -0.3 is 20.9 Å². The second kappa shape index (κ2) is 14.2. The Hall–Kier alpha value is -4.67. The second-order valence-corrected chi connectivity index (χ2v) is 10.5. The van der Waals surface area contributed by atoms with Gasteiger partial charge in [0.15, 0.2) is 5.65 Å². The molecule has 4 heterocycles. The van der Waals surface area contributed by atoms with Gasteiger partial charge in [0, 0.05) is 64.3 Å². The molecule has 13 heteroatoms. The summed E-state index contributed by atoms with van der Waals surface area (Å²) in [6, 6.07) is 9.89. The Kier molecular flexibility index (Phi) is 10.4. The third kappa shape index (κ3) is 8.03. The van der Waals surface area contributed by atoms with Gasteiger partial charge in [-0.15, -0.1) is 5.10 Å². The van der Waals surface area contributed by atoms with Gasteiger partial charge in [0.25, 0.3) is 0 Å². The predicted molar refractivity (Wildman–Crippen MR) is 165 cm³/mol. The minimum absolute atomic E-state index is 0.250. The number of nitrogens with zero attached hydrogens (tertiary/aromatic N) is 7. The Morgan fingerprint density at radius 2 is 1.73 bits per heavy atom. The van der Waals surface area contributed by atoms with Crippen molar-refractivity contribution in [2.45, 2.75) is 26.6 Å². The zero-order chi connectivity index (χ0) is 31.9. The van der Waals surface area contributed by atoms with E-state index in [9.17, 15) is 13.2 Å². The number of carbonyl (C=O) groups is 1. The number of anilines is 3. The Balaban J connectivity index is 0.00000141. The molecule has 1 aliphatic heterocycles. The molecule has 0 spiro atoms. The molecule has 1 amide bonds. The van der Waals surface area contributed by atoms with Crippen molar-refractivity contribution in [2.75, 3.05) is 57.0 Å². The zero-order valence-corrected chi connectivity index (χ0v) is 25.2. The first-order chi connectivity index (χ1) is 21.0. The molecule has 0 aliphatic carbocycles. The molecule has 44 heavy (non-hydrogen) atoms. The number of rotatable bonds is 6. The van der Waals surface area contributed by atoms with Crippen molar-refractivity contribution in [1.29, 1.82) is 0 Å². The fourth-order valence-corrected chi connectivity index (χ4v) is 4.75. The fourth-order valence-electron chi connectivity index (χ4n) is 4.75. The van der Waals surface area contributed by atoms with E-state index in [1.807, 2.05) is 38.1 Å². The van der Waals surface area contributed by atoms with Crippen LogP contribution in [0.5, 0.6) is 0 Å². The number of carbonyl (C=O) groups excluding carboxylic acids is 1. The van der Waals surface area contributed by atoms with Crippen molar-refractivity contribution >= 4 is 29.4 Å². The number of aromatic nitrogens is 4. The molecular formula is C31H36F3N9O. The molecule has 10 nitrogen and oxygen atoms in total. The maximum atomic E-state index is 14.1. The van der Waals surface area contributed by atoms with Crippen LogP contribution in [0, 0.1) is 18.8 Å². The number of imidazole rings is 1. The van der Waals surface area contributed by atoms with E-state index >= 15 is 0 Å². The Morgan fingerprint density at radius 1 is 1.02 bits per heavy atom. The van der Waals surface area contributed by atoms with Crippen LogP contribution < -0.4 is 16.0 Å². The maximum Gasteiger partial charge on any atom is 0.416 e. The topological polar surface area (TPSA) is 108 Å². The van der Waals surface area contributed by atoms with E-state index in [0.717, 1.165) is 50.2 Å². The molecule has 1 aromatic carbocycles. The summed E-state index contributed by atoms with van der Waals surface area (Å²) in [7, 11) is 3.82. The van der Waals surface area contributed by atoms with Crippen molar-refractivity contribution in [2.24, 2.45) is 5.73 Å². The van der Waals surface area contributed by atoms with Gasteiger partial charge in [-0.3, -0.25) is 9.69 Å². The minimum Gasteiger partial charge on any atom is -0.372 e. The number of nitrogens with one attached hydrogen (secondary N) is 1. The molecule has 0 saturated carbocycles. The fraction of sp³-hybridized carbons (Fsp3) is 0.355. The summed E-state index contributed by atoms with van der Waals surface area (Å²) in [5.74, 6) is 7.44. The molecule has 0 radical (unpaired) electrons. The van der Waals surface area contributed by atoms with Crippen LogP contribution in [0.4, 0.5) is 30.5 Å². The van der Waals surface area contributed by atoms with Gasteiger partial charge in [-0.25, -0.2) is 14.5 Å². The van der Waals surface area contributed by atoms with E-state index < -0.39 is 11.7 Å². The van der Waals surface area contributed by atoms with Crippen molar-refractivity contribution in [3.63, 3.8) is 0 Å². The largest absolute Gasteiger partial charge is 0.416 e. The molecule has 5 rings (SSSR count). The first-order valence-corrected chi connectivity index (χ1v) is 14.1. The van der Waals surface area contributed by atoms with Gasteiger partial charge in [-0.2, -0.15) is 13.2 Å². The number of alkyl halides is 3. The van der Waals surface area contributed by atoms with Crippen LogP contribution in [0.2, 0.25) is 0 Å². The van der Waals surface area contributed by atoms with E-state index in [0.29, 0.717) is 28.4 Å². The van der Waals surface area contributed by atoms with E-state index in [-0.39, 0.29) is 18.5 Å². The lowest BCUT2D eigenvalue weighted by atomic mass is 10.0. The van der Waals surface area contributed by atoms with Crippen LogP contribution in [0.3, 0.4) is 0 Å². The highest BCUT2D eigenvalue weighted by Crippen LogP contribution is 2.35. The van der Waals surface area contributed by atoms with Gasteiger partial charge >= 0.3 is 6.18 Å². The summed E-state index contributed by atoms with van der Waals surface area (Å²) >= 11 is 0. The minimum atomic E-state index is -4.47. The van der Waals surface area contributed by atoms with E-state index in [4.69, 9.17) is 4.79 Å². The summed E-state index contributed by atoms with van der Waals surface area (Å²) in [4.78, 5) is 23.6. The lowest BCUT2D eigenvalue weighted by Gasteiger charge is -2.34. The highest BCUT2D eigenvalue weighted by molar-refractivity contribution is 5.61. The zero-order valence-electron chi connectivity index (χ0n) is 25.2. The molecule has 0 unspecified atom stereocenters. The van der Waals surface area contributed by atoms with Crippen LogP contribution in [-0.4, -0.2) is 82.6 Å². The molecule has 1 aliphatic rings. The summed E-state index contributed by atoms with van der Waals surface area (Å²) in [6.45, 7) is 8.45. The molecular weight excluding hydrogens is 571 g/mol. The highest BCUT2D eigenvalue weighted by atomic mass is 19.4. The number of likely N-dealkylation sites (N-methyl/N-ethyl adjacent to an activating group) is 1. The van der Waals surface area contributed by atoms with E-state index in [1.165, 1.54) is 0 Å². The Bertz CT molecular complexity index is 1650. The number of pyridine rings is 1. The number of aryl methyl sites for hydroxylation is 1. The van der Waals surface area contributed by atoms with Gasteiger partial charge in [0.1, 0.15) is 17.3 Å². The average Bonchev–Trinajstić information content (AvgIpc) is 3.40. The van der Waals surface area contributed by atoms with Crippen LogP contribution in [0.15, 0.2) is 48.8 Å². The summed E-state index contributed by atoms with van der Waals surface area (Å²) in [5.41, 5.74) is 6.96. The van der Waals surface area contributed by atoms with Crippen LogP contribution in [0.1, 0.15) is 34.9 Å². The molecule has 1 fully saturated rings. The third-order valence-electron chi connectivity index (χ3n) is 7.23. The number of hydrogen-bond acceptors (Lipinski definition) is 8. The molecule has 3 aromatic heterocycles.